The van der Waals surface area contributed by atoms with Crippen molar-refractivity contribution in [2.24, 2.45) is 5.92 Å². The zero-order valence-corrected chi connectivity index (χ0v) is 15.0. The molecule has 0 aliphatic heterocycles. The second kappa shape index (κ2) is 8.08. The quantitative estimate of drug-likeness (QED) is 0.787. The summed E-state index contributed by atoms with van der Waals surface area (Å²) in [5, 5.41) is 3.51. The summed E-state index contributed by atoms with van der Waals surface area (Å²) in [5.41, 5.74) is 2.84. The third-order valence-electron chi connectivity index (χ3n) is 4.80. The lowest BCUT2D eigenvalue weighted by molar-refractivity contribution is -0.175. The molecule has 144 valence electrons. The van der Waals surface area contributed by atoms with Crippen molar-refractivity contribution in [1.29, 1.82) is 0 Å². The summed E-state index contributed by atoms with van der Waals surface area (Å²) < 4.78 is 43.6. The molecule has 0 saturated heterocycles. The molecular formula is C20H21F3N2O2. The first kappa shape index (κ1) is 19.4. The number of carbonyl (C=O) groups is 1. The van der Waals surface area contributed by atoms with Crippen LogP contribution in [0.3, 0.4) is 0 Å². The lowest BCUT2D eigenvalue weighted by atomic mass is 9.85. The maximum absolute atomic E-state index is 12.9. The van der Waals surface area contributed by atoms with Gasteiger partial charge in [-0.15, -0.1) is 0 Å². The van der Waals surface area contributed by atoms with Crippen molar-refractivity contribution in [1.82, 2.24) is 10.3 Å². The monoisotopic (exact) mass is 378 g/mol. The molecule has 1 atom stereocenters. The number of hydrogen-bond donors (Lipinski definition) is 1. The Kier molecular flexibility index (Phi) is 5.79. The molecule has 1 aromatic carbocycles. The van der Waals surface area contributed by atoms with E-state index in [9.17, 15) is 18.0 Å². The smallest absolute Gasteiger partial charge is 0.383 e. The molecule has 1 amide bonds. The highest BCUT2D eigenvalue weighted by atomic mass is 19.4. The molecule has 0 radical (unpaired) electrons. The number of nitrogens with zero attached hydrogens (tertiary/aromatic N) is 1. The number of nitrogens with one attached hydrogen (secondary N) is 1. The Morgan fingerprint density at radius 2 is 2.19 bits per heavy atom. The van der Waals surface area contributed by atoms with Gasteiger partial charge in [0.15, 0.2) is 0 Å². The minimum Gasteiger partial charge on any atom is -0.383 e. The van der Waals surface area contributed by atoms with Crippen LogP contribution in [0.15, 0.2) is 36.5 Å². The molecule has 1 heterocycles. The molecule has 27 heavy (non-hydrogen) atoms. The average molecular weight is 378 g/mol. The predicted octanol–water partition coefficient (Wildman–Crippen LogP) is 4.36. The lowest BCUT2D eigenvalue weighted by Gasteiger charge is -2.24. The van der Waals surface area contributed by atoms with E-state index in [1.807, 2.05) is 18.2 Å². The predicted molar refractivity (Wildman–Crippen MR) is 97.3 cm³/mol. The molecule has 0 fully saturated rings. The molecule has 3 rings (SSSR count). The number of methoxy groups -OCH3 is 1. The van der Waals surface area contributed by atoms with Crippen LogP contribution in [0.5, 0.6) is 0 Å². The van der Waals surface area contributed by atoms with Crippen molar-refractivity contribution in [3.05, 3.63) is 47.7 Å². The number of hydrogen-bond acceptors (Lipinski definition) is 3. The molecule has 4 nitrogen and oxygen atoms in total. The Hall–Kier alpha value is -2.41. The Morgan fingerprint density at radius 3 is 2.85 bits per heavy atom. The summed E-state index contributed by atoms with van der Waals surface area (Å²) in [5.74, 6) is -1.54. The average Bonchev–Trinajstić information content (AvgIpc) is 2.66. The number of allylic oxidation sites excluding steroid dienone is 2. The van der Waals surface area contributed by atoms with E-state index in [1.54, 1.807) is 19.3 Å². The first-order chi connectivity index (χ1) is 12.9. The number of carbonyl (C=O) groups excluding carboxylic acids is 1. The zero-order valence-electron chi connectivity index (χ0n) is 15.0. The second-order valence-electron chi connectivity index (χ2n) is 6.59. The van der Waals surface area contributed by atoms with Gasteiger partial charge in [0, 0.05) is 25.2 Å². The normalized spacial score (nSPS) is 17.6. The van der Waals surface area contributed by atoms with Crippen molar-refractivity contribution in [3.63, 3.8) is 0 Å². The maximum atomic E-state index is 12.9. The van der Waals surface area contributed by atoms with E-state index in [0.717, 1.165) is 16.5 Å². The third-order valence-corrected chi connectivity index (χ3v) is 4.80. The van der Waals surface area contributed by atoms with Crippen LogP contribution >= 0.6 is 0 Å². The molecule has 1 aromatic heterocycles. The van der Waals surface area contributed by atoms with Gasteiger partial charge in [0.25, 0.3) is 5.91 Å². The van der Waals surface area contributed by atoms with Gasteiger partial charge in [0.05, 0.1) is 23.6 Å². The molecule has 2 aromatic rings. The number of benzene rings is 1. The Bertz CT molecular complexity index is 862. The largest absolute Gasteiger partial charge is 0.392 e. The fraction of sp³-hybridized carbons (Fsp3) is 0.400. The van der Waals surface area contributed by atoms with Crippen LogP contribution in [0.2, 0.25) is 0 Å². The Labute approximate surface area is 155 Å². The van der Waals surface area contributed by atoms with Crippen molar-refractivity contribution >= 4 is 22.4 Å². The van der Waals surface area contributed by atoms with E-state index in [0.29, 0.717) is 30.7 Å². The number of amides is 1. The first-order valence-electron chi connectivity index (χ1n) is 8.82. The van der Waals surface area contributed by atoms with Crippen LogP contribution in [-0.2, 0) is 4.74 Å². The summed E-state index contributed by atoms with van der Waals surface area (Å²) in [6.45, 7) is 0.796. The van der Waals surface area contributed by atoms with Crippen molar-refractivity contribution in [3.8, 4) is 0 Å². The van der Waals surface area contributed by atoms with Gasteiger partial charge in [0.1, 0.15) is 0 Å². The van der Waals surface area contributed by atoms with Gasteiger partial charge in [-0.1, -0.05) is 18.2 Å². The van der Waals surface area contributed by atoms with E-state index in [4.69, 9.17) is 4.74 Å². The van der Waals surface area contributed by atoms with Gasteiger partial charge in [-0.05, 0) is 42.5 Å². The molecule has 0 bridgehead atoms. The van der Waals surface area contributed by atoms with Crippen molar-refractivity contribution in [2.75, 3.05) is 20.3 Å². The molecule has 1 unspecified atom stereocenters. The van der Waals surface area contributed by atoms with Gasteiger partial charge in [-0.2, -0.15) is 13.2 Å². The van der Waals surface area contributed by atoms with Gasteiger partial charge in [0.2, 0.25) is 0 Å². The Morgan fingerprint density at radius 1 is 1.37 bits per heavy atom. The van der Waals surface area contributed by atoms with Crippen LogP contribution < -0.4 is 5.32 Å². The number of rotatable bonds is 5. The zero-order chi connectivity index (χ0) is 19.4. The van der Waals surface area contributed by atoms with E-state index in [-0.39, 0.29) is 18.7 Å². The highest BCUT2D eigenvalue weighted by Crippen LogP contribution is 2.40. The van der Waals surface area contributed by atoms with Gasteiger partial charge in [-0.3, -0.25) is 9.78 Å². The molecule has 1 N–H and O–H groups in total. The van der Waals surface area contributed by atoms with Gasteiger partial charge < -0.3 is 10.1 Å². The van der Waals surface area contributed by atoms with E-state index < -0.39 is 12.1 Å². The van der Waals surface area contributed by atoms with Gasteiger partial charge >= 0.3 is 6.18 Å². The molecule has 0 saturated carbocycles. The molecule has 0 spiro atoms. The standard InChI is InChI=1S/C20H21F3N2O2/c1-27-10-9-24-19(26)14-11-17-16(3-2-4-18(17)25-12-14)13-5-7-15(8-6-13)20(21,22)23/h2-5,11-12,15H,6-10H2,1H3,(H,24,26). The SMILES string of the molecule is COCCNC(=O)c1cnc2cccc(C3=CCC(C(F)(F)F)CC3)c2c1. The van der Waals surface area contributed by atoms with Crippen LogP contribution in [0, 0.1) is 5.92 Å². The fourth-order valence-electron chi connectivity index (χ4n) is 3.30. The lowest BCUT2D eigenvalue weighted by Crippen LogP contribution is -2.27. The van der Waals surface area contributed by atoms with Gasteiger partial charge in [-0.25, -0.2) is 0 Å². The number of ether oxygens (including phenoxy) is 1. The van der Waals surface area contributed by atoms with E-state index in [2.05, 4.69) is 10.3 Å². The highest BCUT2D eigenvalue weighted by Gasteiger charge is 2.39. The number of alkyl halides is 3. The van der Waals surface area contributed by atoms with Crippen molar-refractivity contribution < 1.29 is 22.7 Å². The second-order valence-corrected chi connectivity index (χ2v) is 6.59. The van der Waals surface area contributed by atoms with Crippen LogP contribution in [-0.4, -0.2) is 37.3 Å². The van der Waals surface area contributed by atoms with Crippen LogP contribution in [0.4, 0.5) is 13.2 Å². The topological polar surface area (TPSA) is 51.2 Å². The minimum atomic E-state index is -4.16. The summed E-state index contributed by atoms with van der Waals surface area (Å²) in [7, 11) is 1.55. The number of pyridine rings is 1. The molecule has 1 aliphatic carbocycles. The fourth-order valence-corrected chi connectivity index (χ4v) is 3.30. The molecular weight excluding hydrogens is 357 g/mol. The summed E-state index contributed by atoms with van der Waals surface area (Å²) >= 11 is 0. The third kappa shape index (κ3) is 4.47. The van der Waals surface area contributed by atoms with E-state index in [1.165, 1.54) is 6.20 Å². The van der Waals surface area contributed by atoms with Crippen LogP contribution in [0.1, 0.15) is 35.2 Å². The highest BCUT2D eigenvalue weighted by molar-refractivity contribution is 6.00. The first-order valence-corrected chi connectivity index (χ1v) is 8.82. The van der Waals surface area contributed by atoms with Crippen molar-refractivity contribution in [2.45, 2.75) is 25.4 Å². The number of fused-ring (bicyclic) bond motifs is 1. The molecule has 1 aliphatic rings. The van der Waals surface area contributed by atoms with E-state index >= 15 is 0 Å². The maximum Gasteiger partial charge on any atom is 0.392 e. The molecule has 7 heteroatoms. The Balaban J connectivity index is 1.89. The number of aromatic nitrogens is 1. The van der Waals surface area contributed by atoms with Crippen LogP contribution in [0.25, 0.3) is 16.5 Å². The summed E-state index contributed by atoms with van der Waals surface area (Å²) in [4.78, 5) is 16.6. The minimum absolute atomic E-state index is 0.0140. The number of halogens is 3. The summed E-state index contributed by atoms with van der Waals surface area (Å²) in [6, 6.07) is 7.28. The summed E-state index contributed by atoms with van der Waals surface area (Å²) in [6.07, 6.45) is -0.565.